The molecule has 0 fully saturated rings. The number of amides is 1. The van der Waals surface area contributed by atoms with E-state index in [0.717, 1.165) is 23.2 Å². The van der Waals surface area contributed by atoms with E-state index in [0.29, 0.717) is 32.3 Å². The number of rotatable bonds is 6. The van der Waals surface area contributed by atoms with E-state index in [9.17, 15) is 4.79 Å². The molecule has 150 valence electrons. The quantitative estimate of drug-likeness (QED) is 0.418. The number of halogens is 4. The van der Waals surface area contributed by atoms with Gasteiger partial charge in [0.25, 0.3) is 5.91 Å². The fourth-order valence-electron chi connectivity index (χ4n) is 2.64. The summed E-state index contributed by atoms with van der Waals surface area (Å²) in [7, 11) is 4.00. The van der Waals surface area contributed by atoms with Gasteiger partial charge in [0, 0.05) is 16.6 Å². The minimum Gasteiger partial charge on any atom is -0.309 e. The van der Waals surface area contributed by atoms with Crippen molar-refractivity contribution < 1.29 is 4.79 Å². The SMILES string of the molecule is CN(C)CCCN(C(=O)c1ccc(Cl)cc1Cl)c1nc2ccc(Cl)cc2s1.Cl. The van der Waals surface area contributed by atoms with Gasteiger partial charge in [-0.1, -0.05) is 46.1 Å². The van der Waals surface area contributed by atoms with Crippen LogP contribution in [0.4, 0.5) is 5.13 Å². The Bertz CT molecular complexity index is 977. The van der Waals surface area contributed by atoms with Crippen LogP contribution < -0.4 is 4.90 Å². The molecule has 0 saturated carbocycles. The number of carbonyl (C=O) groups is 1. The molecular weight excluding hydrogens is 460 g/mol. The number of thiazole rings is 1. The highest BCUT2D eigenvalue weighted by molar-refractivity contribution is 7.22. The van der Waals surface area contributed by atoms with Crippen LogP contribution >= 0.6 is 58.5 Å². The molecule has 0 aliphatic carbocycles. The minimum atomic E-state index is -0.194. The number of benzene rings is 2. The first-order valence-corrected chi connectivity index (χ1v) is 10.3. The van der Waals surface area contributed by atoms with Crippen LogP contribution in [0.3, 0.4) is 0 Å². The Morgan fingerprint density at radius 2 is 1.71 bits per heavy atom. The highest BCUT2D eigenvalue weighted by Crippen LogP contribution is 2.32. The van der Waals surface area contributed by atoms with Crippen molar-refractivity contribution in [1.82, 2.24) is 9.88 Å². The molecule has 1 amide bonds. The van der Waals surface area contributed by atoms with Crippen molar-refractivity contribution in [3.05, 3.63) is 57.0 Å². The summed E-state index contributed by atoms with van der Waals surface area (Å²) in [5.74, 6) is -0.194. The molecule has 1 heterocycles. The summed E-state index contributed by atoms with van der Waals surface area (Å²) in [6, 6.07) is 10.4. The molecule has 0 unspecified atom stereocenters. The molecule has 0 spiro atoms. The van der Waals surface area contributed by atoms with Crippen LogP contribution in [-0.4, -0.2) is 43.0 Å². The lowest BCUT2D eigenvalue weighted by atomic mass is 10.2. The number of carbonyl (C=O) groups excluding carboxylic acids is 1. The van der Waals surface area contributed by atoms with Crippen molar-refractivity contribution in [3.8, 4) is 0 Å². The zero-order valence-corrected chi connectivity index (χ0v) is 19.2. The topological polar surface area (TPSA) is 36.4 Å². The summed E-state index contributed by atoms with van der Waals surface area (Å²) in [5.41, 5.74) is 1.22. The largest absolute Gasteiger partial charge is 0.309 e. The van der Waals surface area contributed by atoms with E-state index in [2.05, 4.69) is 9.88 Å². The lowest BCUT2D eigenvalue weighted by molar-refractivity contribution is 0.0986. The normalized spacial score (nSPS) is 10.9. The molecule has 0 aliphatic heterocycles. The Kier molecular flexibility index (Phi) is 8.37. The highest BCUT2D eigenvalue weighted by Gasteiger charge is 2.23. The molecule has 0 aliphatic rings. The number of nitrogens with zero attached hydrogens (tertiary/aromatic N) is 3. The maximum atomic E-state index is 13.2. The fourth-order valence-corrected chi connectivity index (χ4v) is 4.39. The lowest BCUT2D eigenvalue weighted by Gasteiger charge is -2.21. The average Bonchev–Trinajstić information content (AvgIpc) is 3.00. The van der Waals surface area contributed by atoms with Crippen LogP contribution in [0.15, 0.2) is 36.4 Å². The third-order valence-corrected chi connectivity index (χ3v) is 5.79. The van der Waals surface area contributed by atoms with Crippen LogP contribution in [0, 0.1) is 0 Å². The monoisotopic (exact) mass is 477 g/mol. The van der Waals surface area contributed by atoms with Crippen molar-refractivity contribution in [1.29, 1.82) is 0 Å². The van der Waals surface area contributed by atoms with Gasteiger partial charge in [-0.05, 0) is 63.5 Å². The molecule has 1 aromatic heterocycles. The van der Waals surface area contributed by atoms with Gasteiger partial charge in [0.1, 0.15) is 0 Å². The van der Waals surface area contributed by atoms with Crippen molar-refractivity contribution in [2.24, 2.45) is 0 Å². The smallest absolute Gasteiger partial charge is 0.261 e. The minimum absolute atomic E-state index is 0. The summed E-state index contributed by atoms with van der Waals surface area (Å²) in [4.78, 5) is 21.6. The van der Waals surface area contributed by atoms with Gasteiger partial charge in [-0.25, -0.2) is 4.98 Å². The molecule has 0 saturated heterocycles. The number of hydrogen-bond donors (Lipinski definition) is 0. The molecule has 2 aromatic carbocycles. The van der Waals surface area contributed by atoms with E-state index in [-0.39, 0.29) is 18.3 Å². The van der Waals surface area contributed by atoms with Crippen LogP contribution in [0.25, 0.3) is 10.2 Å². The number of aromatic nitrogens is 1. The second-order valence-corrected chi connectivity index (χ2v) is 8.64. The number of hydrogen-bond acceptors (Lipinski definition) is 4. The van der Waals surface area contributed by atoms with E-state index in [1.54, 1.807) is 29.2 Å². The average molecular weight is 479 g/mol. The highest BCUT2D eigenvalue weighted by atomic mass is 35.5. The van der Waals surface area contributed by atoms with Gasteiger partial charge >= 0.3 is 0 Å². The van der Waals surface area contributed by atoms with E-state index in [1.165, 1.54) is 11.3 Å². The Hall–Kier alpha value is -1.08. The number of anilines is 1. The molecular formula is C19H19Cl4N3OS. The van der Waals surface area contributed by atoms with Crippen LogP contribution in [-0.2, 0) is 0 Å². The van der Waals surface area contributed by atoms with Gasteiger partial charge in [0.05, 0.1) is 20.8 Å². The van der Waals surface area contributed by atoms with E-state index >= 15 is 0 Å². The molecule has 9 heteroatoms. The lowest BCUT2D eigenvalue weighted by Crippen LogP contribution is -2.33. The molecule has 0 atom stereocenters. The van der Waals surface area contributed by atoms with Crippen LogP contribution in [0.1, 0.15) is 16.8 Å². The molecule has 4 nitrogen and oxygen atoms in total. The maximum Gasteiger partial charge on any atom is 0.261 e. The second-order valence-electron chi connectivity index (χ2n) is 6.35. The van der Waals surface area contributed by atoms with Gasteiger partial charge < -0.3 is 4.90 Å². The van der Waals surface area contributed by atoms with Gasteiger partial charge in [0.15, 0.2) is 5.13 Å². The molecule has 0 N–H and O–H groups in total. The molecule has 3 aromatic rings. The van der Waals surface area contributed by atoms with E-state index < -0.39 is 0 Å². The first kappa shape index (κ1) is 23.2. The summed E-state index contributed by atoms with van der Waals surface area (Å²) < 4.78 is 0.935. The van der Waals surface area contributed by atoms with Crippen LogP contribution in [0.5, 0.6) is 0 Å². The van der Waals surface area contributed by atoms with E-state index in [4.69, 9.17) is 34.8 Å². The fraction of sp³-hybridized carbons (Fsp3) is 0.263. The molecule has 0 bridgehead atoms. The van der Waals surface area contributed by atoms with Crippen molar-refractivity contribution in [2.75, 3.05) is 32.1 Å². The Morgan fingerprint density at radius 1 is 1.04 bits per heavy atom. The Balaban J connectivity index is 0.00000280. The second kappa shape index (κ2) is 10.1. The third-order valence-electron chi connectivity index (χ3n) is 3.96. The van der Waals surface area contributed by atoms with Gasteiger partial charge in [-0.2, -0.15) is 0 Å². The van der Waals surface area contributed by atoms with Crippen molar-refractivity contribution >= 4 is 79.8 Å². The first-order chi connectivity index (χ1) is 12.8. The van der Waals surface area contributed by atoms with Gasteiger partial charge in [-0.3, -0.25) is 9.69 Å². The zero-order chi connectivity index (χ0) is 19.6. The molecule has 0 radical (unpaired) electrons. The van der Waals surface area contributed by atoms with E-state index in [1.807, 2.05) is 26.2 Å². The molecule has 28 heavy (non-hydrogen) atoms. The predicted molar refractivity (Wildman–Crippen MR) is 123 cm³/mol. The van der Waals surface area contributed by atoms with Crippen LogP contribution in [0.2, 0.25) is 15.1 Å². The standard InChI is InChI=1S/C19H18Cl3N3OS.ClH/c1-24(2)8-3-9-25(18(26)14-6-4-12(20)10-15(14)22)19-23-16-7-5-13(21)11-17(16)27-19;/h4-7,10-11H,3,8-9H2,1-2H3;1H. The van der Waals surface area contributed by atoms with Crippen molar-refractivity contribution in [3.63, 3.8) is 0 Å². The first-order valence-electron chi connectivity index (χ1n) is 8.33. The van der Waals surface area contributed by atoms with Crippen molar-refractivity contribution in [2.45, 2.75) is 6.42 Å². The van der Waals surface area contributed by atoms with Gasteiger partial charge in [-0.15, -0.1) is 12.4 Å². The predicted octanol–water partition coefficient (Wildman–Crippen LogP) is 6.28. The maximum absolute atomic E-state index is 13.2. The number of fused-ring (bicyclic) bond motifs is 1. The summed E-state index contributed by atoms with van der Waals surface area (Å²) in [5, 5.41) is 2.09. The Labute approximate surface area is 189 Å². The summed E-state index contributed by atoms with van der Waals surface area (Å²) in [6.45, 7) is 1.39. The third kappa shape index (κ3) is 5.50. The summed E-state index contributed by atoms with van der Waals surface area (Å²) in [6.07, 6.45) is 0.806. The van der Waals surface area contributed by atoms with Gasteiger partial charge in [0.2, 0.25) is 0 Å². The zero-order valence-electron chi connectivity index (χ0n) is 15.3. The summed E-state index contributed by atoms with van der Waals surface area (Å²) >= 11 is 19.8. The Morgan fingerprint density at radius 3 is 2.39 bits per heavy atom. The molecule has 3 rings (SSSR count).